The fourth-order valence-corrected chi connectivity index (χ4v) is 5.10. The summed E-state index contributed by atoms with van der Waals surface area (Å²) in [7, 11) is -3.78. The highest BCUT2D eigenvalue weighted by atomic mass is 79.9. The number of rotatable bonds is 5. The highest BCUT2D eigenvalue weighted by Crippen LogP contribution is 2.35. The molecule has 148 valence electrons. The second kappa shape index (κ2) is 7.95. The molecule has 0 aliphatic rings. The van der Waals surface area contributed by atoms with Gasteiger partial charge in [-0.3, -0.25) is 0 Å². The van der Waals surface area contributed by atoms with Crippen LogP contribution in [-0.2, 0) is 10.0 Å². The van der Waals surface area contributed by atoms with Crippen molar-refractivity contribution in [3.63, 3.8) is 0 Å². The molecule has 1 atom stereocenters. The minimum absolute atomic E-state index is 0.209. The Hall–Kier alpha value is -2.12. The Morgan fingerprint density at radius 2 is 1.72 bits per heavy atom. The molecule has 4 rings (SSSR count). The average molecular weight is 490 g/mol. The number of halogens is 2. The topological polar surface area (TPSA) is 62.0 Å². The first-order chi connectivity index (χ1) is 13.8. The summed E-state index contributed by atoms with van der Waals surface area (Å²) in [6.07, 6.45) is 1.82. The Kier molecular flexibility index (Phi) is 5.53. The second-order valence-corrected chi connectivity index (χ2v) is 9.86. The molecule has 7 heteroatoms. The number of H-pyrrole nitrogens is 1. The molecule has 0 amide bonds. The molecule has 0 saturated heterocycles. The zero-order valence-electron chi connectivity index (χ0n) is 15.5. The predicted molar refractivity (Wildman–Crippen MR) is 121 cm³/mol. The number of aromatic nitrogens is 1. The van der Waals surface area contributed by atoms with Gasteiger partial charge in [-0.25, -0.2) is 8.42 Å². The molecule has 0 fully saturated rings. The molecular weight excluding hydrogens is 472 g/mol. The van der Waals surface area contributed by atoms with E-state index >= 15 is 0 Å². The molecule has 0 aliphatic carbocycles. The van der Waals surface area contributed by atoms with E-state index in [1.165, 1.54) is 0 Å². The van der Waals surface area contributed by atoms with Crippen molar-refractivity contribution in [1.82, 2.24) is 9.71 Å². The summed E-state index contributed by atoms with van der Waals surface area (Å²) in [5, 5.41) is 1.41. The average Bonchev–Trinajstić information content (AvgIpc) is 3.10. The minimum Gasteiger partial charge on any atom is -0.361 e. The van der Waals surface area contributed by atoms with Gasteiger partial charge in [0, 0.05) is 26.6 Å². The van der Waals surface area contributed by atoms with Gasteiger partial charge in [0.1, 0.15) is 0 Å². The molecule has 0 aliphatic heterocycles. The number of hydrogen-bond donors (Lipinski definition) is 2. The van der Waals surface area contributed by atoms with Gasteiger partial charge in [-0.05, 0) is 54.4 Å². The Balaban J connectivity index is 1.86. The van der Waals surface area contributed by atoms with E-state index in [2.05, 4.69) is 25.6 Å². The minimum atomic E-state index is -3.78. The van der Waals surface area contributed by atoms with E-state index in [-0.39, 0.29) is 4.90 Å². The lowest BCUT2D eigenvalue weighted by Crippen LogP contribution is -2.29. The smallest absolute Gasteiger partial charge is 0.241 e. The number of benzene rings is 3. The molecule has 1 aromatic heterocycles. The predicted octanol–water partition coefficient (Wildman–Crippen LogP) is 5.96. The van der Waals surface area contributed by atoms with Gasteiger partial charge >= 0.3 is 0 Å². The molecule has 0 radical (unpaired) electrons. The summed E-state index contributed by atoms with van der Waals surface area (Å²) in [5.41, 5.74) is 3.39. The summed E-state index contributed by atoms with van der Waals surface area (Å²) >= 11 is 9.96. The fraction of sp³-hybridized carbons (Fsp3) is 0.0909. The van der Waals surface area contributed by atoms with Crippen molar-refractivity contribution < 1.29 is 8.42 Å². The number of fused-ring (bicyclic) bond motifs is 1. The van der Waals surface area contributed by atoms with E-state index in [1.807, 2.05) is 49.5 Å². The highest BCUT2D eigenvalue weighted by molar-refractivity contribution is 9.10. The van der Waals surface area contributed by atoms with E-state index < -0.39 is 16.1 Å². The van der Waals surface area contributed by atoms with Crippen molar-refractivity contribution >= 4 is 48.5 Å². The molecule has 3 aromatic carbocycles. The molecular formula is C22H18BrClN2O2S. The molecule has 4 aromatic rings. The van der Waals surface area contributed by atoms with Crippen LogP contribution < -0.4 is 4.72 Å². The standard InChI is InChI=1S/C22H18BrClN2O2S/c1-14-6-9-16(10-7-14)29(27,28)26-22(17-4-2-3-5-20(17)24)19-13-25-21-11-8-15(23)12-18(19)21/h2-13,22,25-26H,1H3. The van der Waals surface area contributed by atoms with Gasteiger partial charge in [0.05, 0.1) is 10.9 Å². The lowest BCUT2D eigenvalue weighted by molar-refractivity contribution is 0.572. The Labute approximate surface area is 183 Å². The molecule has 0 bridgehead atoms. The van der Waals surface area contributed by atoms with Crippen LogP contribution in [0.2, 0.25) is 5.02 Å². The first kappa shape index (κ1) is 20.2. The van der Waals surface area contributed by atoms with Crippen LogP contribution in [0, 0.1) is 6.92 Å². The van der Waals surface area contributed by atoms with Crippen molar-refractivity contribution in [1.29, 1.82) is 0 Å². The van der Waals surface area contributed by atoms with Crippen LogP contribution in [0.3, 0.4) is 0 Å². The molecule has 0 saturated carbocycles. The van der Waals surface area contributed by atoms with Gasteiger partial charge in [-0.15, -0.1) is 0 Å². The first-order valence-electron chi connectivity index (χ1n) is 8.95. The third kappa shape index (κ3) is 4.12. The molecule has 0 spiro atoms. The summed E-state index contributed by atoms with van der Waals surface area (Å²) in [5.74, 6) is 0. The summed E-state index contributed by atoms with van der Waals surface area (Å²) < 4.78 is 30.1. The van der Waals surface area contributed by atoms with Crippen LogP contribution >= 0.6 is 27.5 Å². The number of nitrogens with one attached hydrogen (secondary N) is 2. The van der Waals surface area contributed by atoms with Gasteiger partial charge in [0.15, 0.2) is 0 Å². The van der Waals surface area contributed by atoms with Crippen LogP contribution in [-0.4, -0.2) is 13.4 Å². The molecule has 29 heavy (non-hydrogen) atoms. The molecule has 2 N–H and O–H groups in total. The zero-order valence-corrected chi connectivity index (χ0v) is 18.6. The third-order valence-corrected chi connectivity index (χ3v) is 7.08. The summed E-state index contributed by atoms with van der Waals surface area (Å²) in [6.45, 7) is 1.92. The maximum atomic E-state index is 13.2. The Morgan fingerprint density at radius 1 is 1.00 bits per heavy atom. The number of aryl methyl sites for hydroxylation is 1. The lowest BCUT2D eigenvalue weighted by atomic mass is 9.99. The van der Waals surface area contributed by atoms with Crippen LogP contribution in [0.15, 0.2) is 82.3 Å². The molecule has 4 nitrogen and oxygen atoms in total. The van der Waals surface area contributed by atoms with Gasteiger partial charge < -0.3 is 4.98 Å². The number of aromatic amines is 1. The largest absolute Gasteiger partial charge is 0.361 e. The van der Waals surface area contributed by atoms with Crippen LogP contribution in [0.5, 0.6) is 0 Å². The maximum absolute atomic E-state index is 13.2. The van der Waals surface area contributed by atoms with E-state index in [0.717, 1.165) is 26.5 Å². The van der Waals surface area contributed by atoms with Crippen LogP contribution in [0.1, 0.15) is 22.7 Å². The van der Waals surface area contributed by atoms with Gasteiger partial charge in [-0.2, -0.15) is 4.72 Å². The lowest BCUT2D eigenvalue weighted by Gasteiger charge is -2.20. The van der Waals surface area contributed by atoms with Crippen molar-refractivity contribution in [2.75, 3.05) is 0 Å². The zero-order chi connectivity index (χ0) is 20.6. The maximum Gasteiger partial charge on any atom is 0.241 e. The summed E-state index contributed by atoms with van der Waals surface area (Å²) in [6, 6.07) is 19.2. The van der Waals surface area contributed by atoms with Gasteiger partial charge in [0.25, 0.3) is 0 Å². The Morgan fingerprint density at radius 3 is 2.45 bits per heavy atom. The molecule has 1 unspecified atom stereocenters. The van der Waals surface area contributed by atoms with E-state index in [0.29, 0.717) is 10.6 Å². The SMILES string of the molecule is Cc1ccc(S(=O)(=O)NC(c2ccccc2Cl)c2c[nH]c3ccc(Br)cc23)cc1. The van der Waals surface area contributed by atoms with Crippen molar-refractivity contribution in [3.8, 4) is 0 Å². The van der Waals surface area contributed by atoms with E-state index in [1.54, 1.807) is 30.3 Å². The third-order valence-electron chi connectivity index (χ3n) is 4.81. The van der Waals surface area contributed by atoms with E-state index in [9.17, 15) is 8.42 Å². The second-order valence-electron chi connectivity index (χ2n) is 6.82. The van der Waals surface area contributed by atoms with E-state index in [4.69, 9.17) is 11.6 Å². The van der Waals surface area contributed by atoms with Crippen LogP contribution in [0.25, 0.3) is 10.9 Å². The van der Waals surface area contributed by atoms with Gasteiger partial charge in [0.2, 0.25) is 10.0 Å². The fourth-order valence-electron chi connectivity index (χ4n) is 3.30. The highest BCUT2D eigenvalue weighted by Gasteiger charge is 2.26. The summed E-state index contributed by atoms with van der Waals surface area (Å²) in [4.78, 5) is 3.43. The molecule has 1 heterocycles. The van der Waals surface area contributed by atoms with Crippen molar-refractivity contribution in [3.05, 3.63) is 99.1 Å². The first-order valence-corrected chi connectivity index (χ1v) is 11.6. The monoisotopic (exact) mass is 488 g/mol. The van der Waals surface area contributed by atoms with Crippen molar-refractivity contribution in [2.24, 2.45) is 0 Å². The van der Waals surface area contributed by atoms with Gasteiger partial charge in [-0.1, -0.05) is 63.4 Å². The number of hydrogen-bond acceptors (Lipinski definition) is 2. The van der Waals surface area contributed by atoms with Crippen molar-refractivity contribution in [2.45, 2.75) is 17.9 Å². The Bertz CT molecular complexity index is 1280. The normalized spacial score (nSPS) is 12.9. The van der Waals surface area contributed by atoms with Crippen LogP contribution in [0.4, 0.5) is 0 Å². The number of sulfonamides is 1. The quantitative estimate of drug-likeness (QED) is 0.363.